The van der Waals surface area contributed by atoms with Crippen LogP contribution in [-0.4, -0.2) is 21.5 Å². The molecule has 0 radical (unpaired) electrons. The third-order valence-corrected chi connectivity index (χ3v) is 4.92. The van der Waals surface area contributed by atoms with Crippen LogP contribution < -0.4 is 0 Å². The first kappa shape index (κ1) is 13.8. The molecule has 0 aliphatic carbocycles. The molecule has 94 valence electrons. The lowest BCUT2D eigenvalue weighted by molar-refractivity contribution is -0.107. The van der Waals surface area contributed by atoms with E-state index in [-0.39, 0.29) is 5.12 Å². The number of hydrogen-bond acceptors (Lipinski definition) is 5. The lowest BCUT2D eigenvalue weighted by atomic mass is 10.2. The molecule has 1 aromatic rings. The van der Waals surface area contributed by atoms with E-state index >= 15 is 0 Å². The Bertz CT molecular complexity index is 505. The van der Waals surface area contributed by atoms with Gasteiger partial charge in [0, 0.05) is 4.90 Å². The van der Waals surface area contributed by atoms with Gasteiger partial charge in [-0.2, -0.15) is 0 Å². The van der Waals surface area contributed by atoms with E-state index in [1.165, 1.54) is 16.7 Å². The minimum Gasteiger partial charge on any atom is -0.279 e. The fourth-order valence-electron chi connectivity index (χ4n) is 1.43. The van der Waals surface area contributed by atoms with Crippen LogP contribution in [0.4, 0.5) is 0 Å². The molecule has 0 fully saturated rings. The quantitative estimate of drug-likeness (QED) is 0.619. The van der Waals surface area contributed by atoms with Gasteiger partial charge in [0.1, 0.15) is 10.1 Å². The number of thioether (sulfide) groups is 3. The first-order valence-electron chi connectivity index (χ1n) is 5.52. The Labute approximate surface area is 120 Å². The summed E-state index contributed by atoms with van der Waals surface area (Å²) < 4.78 is 0.856. The molecule has 0 atom stereocenters. The molecule has 18 heavy (non-hydrogen) atoms. The molecule has 2 nitrogen and oxygen atoms in total. The molecular formula is C13H13NOS3. The largest absolute Gasteiger partial charge is 0.279 e. The van der Waals surface area contributed by atoms with Gasteiger partial charge in [-0.1, -0.05) is 30.8 Å². The second kappa shape index (κ2) is 6.50. The number of aliphatic imine (C=N–C) groups is 1. The summed E-state index contributed by atoms with van der Waals surface area (Å²) in [6, 6.07) is 8.12. The minimum absolute atomic E-state index is 0.0416. The molecular weight excluding hydrogens is 282 g/mol. The van der Waals surface area contributed by atoms with Gasteiger partial charge in [-0.05, 0) is 47.5 Å². The number of carbonyl (C=O) groups is 1. The molecule has 0 spiro atoms. The average Bonchev–Trinajstić information content (AvgIpc) is 2.71. The van der Waals surface area contributed by atoms with Gasteiger partial charge in [0.25, 0.3) is 0 Å². The second-order valence-corrected chi connectivity index (χ2v) is 6.86. The summed E-state index contributed by atoms with van der Waals surface area (Å²) in [7, 11) is 0. The van der Waals surface area contributed by atoms with Gasteiger partial charge in [-0.25, -0.2) is 4.99 Å². The van der Waals surface area contributed by atoms with E-state index in [1.807, 2.05) is 24.5 Å². The summed E-state index contributed by atoms with van der Waals surface area (Å²) in [6.45, 7) is 2.06. The van der Waals surface area contributed by atoms with Crippen LogP contribution in [0.5, 0.6) is 0 Å². The minimum atomic E-state index is 0.0416. The monoisotopic (exact) mass is 295 g/mol. The molecule has 1 heterocycles. The summed E-state index contributed by atoms with van der Waals surface area (Å²) in [5.41, 5.74) is 1.57. The van der Waals surface area contributed by atoms with Crippen LogP contribution >= 0.6 is 35.3 Å². The van der Waals surface area contributed by atoms with E-state index in [4.69, 9.17) is 0 Å². The van der Waals surface area contributed by atoms with Crippen LogP contribution in [0.15, 0.2) is 39.9 Å². The zero-order valence-corrected chi connectivity index (χ0v) is 12.6. The number of hydrogen-bond donors (Lipinski definition) is 0. The van der Waals surface area contributed by atoms with E-state index < -0.39 is 0 Å². The molecule has 0 amide bonds. The first-order valence-corrected chi connectivity index (χ1v) is 8.55. The highest BCUT2D eigenvalue weighted by Crippen LogP contribution is 2.30. The average molecular weight is 295 g/mol. The first-order chi connectivity index (χ1) is 8.72. The molecule has 0 saturated carbocycles. The topological polar surface area (TPSA) is 29.4 Å². The summed E-state index contributed by atoms with van der Waals surface area (Å²) in [5, 5.41) is 0.0416. The maximum absolute atomic E-state index is 11.7. The van der Waals surface area contributed by atoms with Gasteiger partial charge in [0.15, 0.2) is 0 Å². The molecule has 5 heteroatoms. The van der Waals surface area contributed by atoms with Crippen molar-refractivity contribution < 1.29 is 4.79 Å². The van der Waals surface area contributed by atoms with Crippen molar-refractivity contribution in [1.29, 1.82) is 0 Å². The van der Waals surface area contributed by atoms with E-state index in [9.17, 15) is 4.79 Å². The van der Waals surface area contributed by atoms with E-state index in [2.05, 4.69) is 24.0 Å². The van der Waals surface area contributed by atoms with Gasteiger partial charge in [-0.3, -0.25) is 4.79 Å². The molecule has 1 aromatic carbocycles. The fraction of sp³-hybridized carbons (Fsp3) is 0.231. The van der Waals surface area contributed by atoms with Gasteiger partial charge in [0.2, 0.25) is 5.12 Å². The standard InChI is InChI=1S/C13H13NOS3/c1-3-17-13-14-11(12(15)18-13)8-9-4-6-10(16-2)7-5-9/h4-8H,3H2,1-2H3/b11-8-. The maximum Gasteiger partial charge on any atom is 0.244 e. The van der Waals surface area contributed by atoms with Crippen LogP contribution in [0, 0.1) is 0 Å². The van der Waals surface area contributed by atoms with Crippen molar-refractivity contribution in [1.82, 2.24) is 0 Å². The highest BCUT2D eigenvalue weighted by atomic mass is 32.2. The Morgan fingerprint density at radius 1 is 1.33 bits per heavy atom. The predicted octanol–water partition coefficient (Wildman–Crippen LogP) is 4.13. The summed E-state index contributed by atoms with van der Waals surface area (Å²) in [6.07, 6.45) is 3.89. The van der Waals surface area contributed by atoms with E-state index in [0.717, 1.165) is 15.7 Å². The van der Waals surface area contributed by atoms with Gasteiger partial charge >= 0.3 is 0 Å². The molecule has 2 rings (SSSR count). The van der Waals surface area contributed by atoms with Crippen molar-refractivity contribution in [2.45, 2.75) is 11.8 Å². The van der Waals surface area contributed by atoms with Gasteiger partial charge in [0.05, 0.1) is 0 Å². The smallest absolute Gasteiger partial charge is 0.244 e. The molecule has 0 saturated heterocycles. The number of rotatable bonds is 3. The van der Waals surface area contributed by atoms with Crippen LogP contribution in [0.3, 0.4) is 0 Å². The Morgan fingerprint density at radius 3 is 2.67 bits per heavy atom. The summed E-state index contributed by atoms with van der Waals surface area (Å²) >= 11 is 4.54. The fourth-order valence-corrected chi connectivity index (χ4v) is 3.58. The van der Waals surface area contributed by atoms with Crippen molar-refractivity contribution in [3.8, 4) is 0 Å². The van der Waals surface area contributed by atoms with Crippen LogP contribution in [0.1, 0.15) is 12.5 Å². The SMILES string of the molecule is CCSC1=N/C(=C\c2ccc(SC)cc2)C(=O)S1. The zero-order valence-electron chi connectivity index (χ0n) is 10.2. The molecule has 1 aliphatic heterocycles. The number of benzene rings is 1. The molecule has 0 unspecified atom stereocenters. The molecule has 1 aliphatic rings. The Kier molecular flexibility index (Phi) is 4.97. The van der Waals surface area contributed by atoms with Gasteiger partial charge < -0.3 is 0 Å². The van der Waals surface area contributed by atoms with E-state index in [0.29, 0.717) is 5.70 Å². The van der Waals surface area contributed by atoms with Crippen LogP contribution in [-0.2, 0) is 4.79 Å². The summed E-state index contributed by atoms with van der Waals surface area (Å²) in [5.74, 6) is 0.939. The highest BCUT2D eigenvalue weighted by Gasteiger charge is 2.21. The zero-order chi connectivity index (χ0) is 13.0. The predicted molar refractivity (Wildman–Crippen MR) is 84.4 cm³/mol. The second-order valence-electron chi connectivity index (χ2n) is 3.50. The Hall–Kier alpha value is -0.650. The molecule has 0 N–H and O–H groups in total. The highest BCUT2D eigenvalue weighted by molar-refractivity contribution is 8.45. The third-order valence-electron chi connectivity index (χ3n) is 2.29. The van der Waals surface area contributed by atoms with Gasteiger partial charge in [-0.15, -0.1) is 11.8 Å². The molecule has 0 bridgehead atoms. The Balaban J connectivity index is 2.19. The normalized spacial score (nSPS) is 17.3. The Morgan fingerprint density at radius 2 is 2.06 bits per heavy atom. The van der Waals surface area contributed by atoms with Crippen molar-refractivity contribution in [3.63, 3.8) is 0 Å². The van der Waals surface area contributed by atoms with Crippen molar-refractivity contribution in [2.24, 2.45) is 4.99 Å². The lowest BCUT2D eigenvalue weighted by Gasteiger charge is -1.97. The number of carbonyl (C=O) groups excluding carboxylic acids is 1. The van der Waals surface area contributed by atoms with E-state index in [1.54, 1.807) is 23.5 Å². The maximum atomic E-state index is 11.7. The van der Waals surface area contributed by atoms with Crippen molar-refractivity contribution in [2.75, 3.05) is 12.0 Å². The van der Waals surface area contributed by atoms with Crippen molar-refractivity contribution >= 4 is 50.9 Å². The summed E-state index contributed by atoms with van der Waals surface area (Å²) in [4.78, 5) is 17.3. The number of nitrogens with zero attached hydrogens (tertiary/aromatic N) is 1. The van der Waals surface area contributed by atoms with Crippen LogP contribution in [0.25, 0.3) is 6.08 Å². The van der Waals surface area contributed by atoms with Crippen LogP contribution in [0.2, 0.25) is 0 Å². The molecule has 0 aromatic heterocycles. The van der Waals surface area contributed by atoms with Crippen molar-refractivity contribution in [3.05, 3.63) is 35.5 Å². The third kappa shape index (κ3) is 3.43. The lowest BCUT2D eigenvalue weighted by Crippen LogP contribution is -1.88.